The molecule has 0 fully saturated rings. The van der Waals surface area contributed by atoms with E-state index in [1.54, 1.807) is 16.8 Å². The molecule has 5 heteroatoms. The third-order valence-corrected chi connectivity index (χ3v) is 2.89. The van der Waals surface area contributed by atoms with Crippen molar-refractivity contribution in [1.29, 1.82) is 0 Å². The first-order chi connectivity index (χ1) is 8.69. The van der Waals surface area contributed by atoms with E-state index in [2.05, 4.69) is 10.4 Å². The predicted octanol–water partition coefficient (Wildman–Crippen LogP) is 2.83. The summed E-state index contributed by atoms with van der Waals surface area (Å²) in [5, 5.41) is 7.74. The highest BCUT2D eigenvalue weighted by Gasteiger charge is 2.03. The third kappa shape index (κ3) is 3.31. The standard InChI is InChI=1S/C13H15ClFN3/c1-2-16-8-11-5-6-18(17-11)9-10-3-4-12(14)13(15)7-10/h3-7,16H,2,8-9H2,1H3. The molecule has 0 atom stereocenters. The van der Waals surface area contributed by atoms with Crippen LogP contribution in [0.5, 0.6) is 0 Å². The molecule has 2 aromatic rings. The molecule has 1 aromatic carbocycles. The summed E-state index contributed by atoms with van der Waals surface area (Å²) in [7, 11) is 0. The molecule has 96 valence electrons. The van der Waals surface area contributed by atoms with E-state index >= 15 is 0 Å². The highest BCUT2D eigenvalue weighted by molar-refractivity contribution is 6.30. The van der Waals surface area contributed by atoms with Gasteiger partial charge >= 0.3 is 0 Å². The number of nitrogens with one attached hydrogen (secondary N) is 1. The molecule has 3 nitrogen and oxygen atoms in total. The molecular formula is C13H15ClFN3. The van der Waals surface area contributed by atoms with E-state index in [1.165, 1.54) is 6.07 Å². The molecule has 1 N–H and O–H groups in total. The molecule has 0 saturated heterocycles. The van der Waals surface area contributed by atoms with Crippen molar-refractivity contribution < 1.29 is 4.39 Å². The lowest BCUT2D eigenvalue weighted by atomic mass is 10.2. The lowest BCUT2D eigenvalue weighted by Crippen LogP contribution is -2.12. The minimum Gasteiger partial charge on any atom is -0.311 e. The molecular weight excluding hydrogens is 253 g/mol. The molecule has 0 aliphatic carbocycles. The van der Waals surface area contributed by atoms with Crippen LogP contribution in [0.2, 0.25) is 5.02 Å². The molecule has 0 spiro atoms. The molecule has 18 heavy (non-hydrogen) atoms. The van der Waals surface area contributed by atoms with Crippen LogP contribution in [-0.2, 0) is 13.1 Å². The lowest BCUT2D eigenvalue weighted by Gasteiger charge is -2.03. The second kappa shape index (κ2) is 5.98. The van der Waals surface area contributed by atoms with Crippen molar-refractivity contribution in [3.05, 3.63) is 52.6 Å². The smallest absolute Gasteiger partial charge is 0.142 e. The van der Waals surface area contributed by atoms with Gasteiger partial charge in [-0.25, -0.2) is 4.39 Å². The van der Waals surface area contributed by atoms with Crippen molar-refractivity contribution in [2.75, 3.05) is 6.54 Å². The number of hydrogen-bond donors (Lipinski definition) is 1. The maximum atomic E-state index is 13.3. The first kappa shape index (κ1) is 13.1. The largest absolute Gasteiger partial charge is 0.311 e. The van der Waals surface area contributed by atoms with E-state index in [0.29, 0.717) is 6.54 Å². The summed E-state index contributed by atoms with van der Waals surface area (Å²) in [6.45, 7) is 4.25. The van der Waals surface area contributed by atoms with Crippen LogP contribution in [0.25, 0.3) is 0 Å². The van der Waals surface area contributed by atoms with Crippen molar-refractivity contribution in [2.24, 2.45) is 0 Å². The summed E-state index contributed by atoms with van der Waals surface area (Å²) in [5.74, 6) is -0.394. The van der Waals surface area contributed by atoms with Crippen LogP contribution < -0.4 is 5.32 Å². The highest BCUT2D eigenvalue weighted by Crippen LogP contribution is 2.16. The minimum absolute atomic E-state index is 0.145. The zero-order chi connectivity index (χ0) is 13.0. The van der Waals surface area contributed by atoms with Crippen LogP contribution in [0.15, 0.2) is 30.5 Å². The second-order valence-corrected chi connectivity index (χ2v) is 4.44. The van der Waals surface area contributed by atoms with Crippen LogP contribution in [0.3, 0.4) is 0 Å². The van der Waals surface area contributed by atoms with Crippen molar-refractivity contribution >= 4 is 11.6 Å². The maximum absolute atomic E-state index is 13.3. The first-order valence-corrected chi connectivity index (χ1v) is 6.24. The fourth-order valence-electron chi connectivity index (χ4n) is 1.66. The number of rotatable bonds is 5. The van der Waals surface area contributed by atoms with Gasteiger partial charge in [0.1, 0.15) is 5.82 Å². The summed E-state index contributed by atoms with van der Waals surface area (Å²) < 4.78 is 15.1. The monoisotopic (exact) mass is 267 g/mol. The van der Waals surface area contributed by atoms with Gasteiger partial charge in [-0.15, -0.1) is 0 Å². The molecule has 0 bridgehead atoms. The Hall–Kier alpha value is -1.39. The average molecular weight is 268 g/mol. The molecule has 1 heterocycles. The minimum atomic E-state index is -0.394. The Morgan fingerprint density at radius 3 is 2.94 bits per heavy atom. The number of benzene rings is 1. The van der Waals surface area contributed by atoms with Crippen LogP contribution in [0.1, 0.15) is 18.2 Å². The Morgan fingerprint density at radius 1 is 1.39 bits per heavy atom. The molecule has 0 radical (unpaired) electrons. The third-order valence-electron chi connectivity index (χ3n) is 2.58. The SMILES string of the molecule is CCNCc1ccn(Cc2ccc(Cl)c(F)c2)n1. The van der Waals surface area contributed by atoms with Crippen LogP contribution in [0, 0.1) is 5.82 Å². The number of halogens is 2. The van der Waals surface area contributed by atoms with E-state index in [1.807, 2.05) is 19.2 Å². The number of aromatic nitrogens is 2. The Kier molecular flexibility index (Phi) is 4.33. The van der Waals surface area contributed by atoms with Crippen molar-refractivity contribution in [3.8, 4) is 0 Å². The summed E-state index contributed by atoms with van der Waals surface area (Å²) in [6, 6.07) is 6.76. The summed E-state index contributed by atoms with van der Waals surface area (Å²) in [5.41, 5.74) is 1.82. The quantitative estimate of drug-likeness (QED) is 0.903. The number of hydrogen-bond acceptors (Lipinski definition) is 2. The van der Waals surface area contributed by atoms with Crippen molar-refractivity contribution in [3.63, 3.8) is 0 Å². The van der Waals surface area contributed by atoms with Gasteiger partial charge in [-0.1, -0.05) is 24.6 Å². The molecule has 0 aliphatic rings. The van der Waals surface area contributed by atoms with Crippen molar-refractivity contribution in [1.82, 2.24) is 15.1 Å². The number of nitrogens with zero attached hydrogens (tertiary/aromatic N) is 2. The second-order valence-electron chi connectivity index (χ2n) is 4.03. The molecule has 0 amide bonds. The van der Waals surface area contributed by atoms with E-state index in [4.69, 9.17) is 11.6 Å². The van der Waals surface area contributed by atoms with Crippen LogP contribution >= 0.6 is 11.6 Å². The van der Waals surface area contributed by atoms with Gasteiger partial charge < -0.3 is 5.32 Å². The average Bonchev–Trinajstić information content (AvgIpc) is 2.79. The summed E-state index contributed by atoms with van der Waals surface area (Å²) in [6.07, 6.45) is 1.89. The Labute approximate surface area is 111 Å². The Morgan fingerprint density at radius 2 is 2.22 bits per heavy atom. The van der Waals surface area contributed by atoms with Gasteiger partial charge in [0.05, 0.1) is 17.3 Å². The zero-order valence-electron chi connectivity index (χ0n) is 10.2. The van der Waals surface area contributed by atoms with Gasteiger partial charge in [-0.3, -0.25) is 4.68 Å². The molecule has 0 unspecified atom stereocenters. The molecule has 0 saturated carbocycles. The van der Waals surface area contributed by atoms with Crippen LogP contribution in [0.4, 0.5) is 4.39 Å². The summed E-state index contributed by atoms with van der Waals surface area (Å²) in [4.78, 5) is 0. The van der Waals surface area contributed by atoms with Gasteiger partial charge in [0.2, 0.25) is 0 Å². The maximum Gasteiger partial charge on any atom is 0.142 e. The molecule has 1 aromatic heterocycles. The van der Waals surface area contributed by atoms with E-state index in [-0.39, 0.29) is 5.02 Å². The zero-order valence-corrected chi connectivity index (χ0v) is 10.9. The normalized spacial score (nSPS) is 10.8. The summed E-state index contributed by atoms with van der Waals surface area (Å²) >= 11 is 5.64. The van der Waals surface area contributed by atoms with Gasteiger partial charge in [0, 0.05) is 12.7 Å². The molecule has 2 rings (SSSR count). The fourth-order valence-corrected chi connectivity index (χ4v) is 1.78. The fraction of sp³-hybridized carbons (Fsp3) is 0.308. The van der Waals surface area contributed by atoms with E-state index in [0.717, 1.165) is 24.3 Å². The van der Waals surface area contributed by atoms with Gasteiger partial charge in [0.25, 0.3) is 0 Å². The Balaban J connectivity index is 2.04. The van der Waals surface area contributed by atoms with Gasteiger partial charge in [-0.05, 0) is 30.3 Å². The van der Waals surface area contributed by atoms with Gasteiger partial charge in [0.15, 0.2) is 0 Å². The lowest BCUT2D eigenvalue weighted by molar-refractivity contribution is 0.615. The van der Waals surface area contributed by atoms with Crippen molar-refractivity contribution in [2.45, 2.75) is 20.0 Å². The van der Waals surface area contributed by atoms with E-state index in [9.17, 15) is 4.39 Å². The Bertz CT molecular complexity index is 525. The van der Waals surface area contributed by atoms with E-state index < -0.39 is 5.82 Å². The van der Waals surface area contributed by atoms with Crippen LogP contribution in [-0.4, -0.2) is 16.3 Å². The first-order valence-electron chi connectivity index (χ1n) is 5.86. The van der Waals surface area contributed by atoms with Gasteiger partial charge in [-0.2, -0.15) is 5.10 Å². The predicted molar refractivity (Wildman–Crippen MR) is 70.1 cm³/mol. The topological polar surface area (TPSA) is 29.9 Å². The highest BCUT2D eigenvalue weighted by atomic mass is 35.5. The molecule has 0 aliphatic heterocycles.